The first-order valence-corrected chi connectivity index (χ1v) is 5.60. The molecule has 0 spiro atoms. The van der Waals surface area contributed by atoms with E-state index in [1.165, 1.54) is 0 Å². The molecule has 2 nitrogen and oxygen atoms in total. The summed E-state index contributed by atoms with van der Waals surface area (Å²) in [4.78, 5) is 10.8. The number of benzene rings is 1. The number of hydrogen-bond donors (Lipinski definition) is 0. The van der Waals surface area contributed by atoms with Crippen LogP contribution in [0.4, 0.5) is 0 Å². The number of hydrogen-bond acceptors (Lipinski definition) is 3. The van der Waals surface area contributed by atoms with Gasteiger partial charge in [-0.25, -0.2) is 0 Å². The topological polar surface area (TPSA) is 40.1 Å². The lowest BCUT2D eigenvalue weighted by molar-refractivity contribution is -0.301. The Morgan fingerprint density at radius 3 is 2.50 bits per heavy atom. The van der Waals surface area contributed by atoms with E-state index >= 15 is 0 Å². The van der Waals surface area contributed by atoms with Gasteiger partial charge in [-0.1, -0.05) is 34.8 Å². The molecule has 0 bridgehead atoms. The van der Waals surface area contributed by atoms with Gasteiger partial charge in [-0.05, 0) is 12.1 Å². The lowest BCUT2D eigenvalue weighted by atomic mass is 10.4. The molecule has 14 heavy (non-hydrogen) atoms. The zero-order chi connectivity index (χ0) is 10.7. The van der Waals surface area contributed by atoms with Gasteiger partial charge in [0, 0.05) is 10.6 Å². The molecule has 0 aliphatic carbocycles. The summed E-state index contributed by atoms with van der Waals surface area (Å²) in [6, 6.07) is 3.18. The third kappa shape index (κ3) is 2.95. The molecule has 0 heterocycles. The lowest BCUT2D eigenvalue weighted by Crippen LogP contribution is -2.24. The average Bonchev–Trinajstić information content (AvgIpc) is 2.13. The molecule has 0 saturated heterocycles. The molecular formula is C8H4Cl3O2S-. The third-order valence-corrected chi connectivity index (χ3v) is 3.78. The molecule has 0 unspecified atom stereocenters. The third-order valence-electron chi connectivity index (χ3n) is 1.35. The first kappa shape index (κ1) is 12.0. The van der Waals surface area contributed by atoms with E-state index in [4.69, 9.17) is 34.8 Å². The van der Waals surface area contributed by atoms with Gasteiger partial charge in [-0.3, -0.25) is 0 Å². The summed E-state index contributed by atoms with van der Waals surface area (Å²) in [5.74, 6) is -1.32. The molecular weight excluding hydrogens is 267 g/mol. The Kier molecular flexibility index (Phi) is 4.38. The molecule has 1 aromatic rings. The molecule has 1 aromatic carbocycles. The molecule has 0 fully saturated rings. The highest BCUT2D eigenvalue weighted by atomic mass is 35.5. The van der Waals surface area contributed by atoms with Crippen LogP contribution in [0.25, 0.3) is 0 Å². The van der Waals surface area contributed by atoms with Crippen LogP contribution in [0.5, 0.6) is 0 Å². The smallest absolute Gasteiger partial charge is 0.0789 e. The summed E-state index contributed by atoms with van der Waals surface area (Å²) >= 11 is 18.3. The number of carboxylic acid groups (broad SMARTS) is 1. The maximum absolute atomic E-state index is 10.2. The van der Waals surface area contributed by atoms with Crippen molar-refractivity contribution in [2.45, 2.75) is 4.90 Å². The Bertz CT molecular complexity index is 368. The number of halogens is 3. The minimum atomic E-state index is -1.16. The highest BCUT2D eigenvalue weighted by Crippen LogP contribution is 2.37. The van der Waals surface area contributed by atoms with E-state index < -0.39 is 5.97 Å². The van der Waals surface area contributed by atoms with Gasteiger partial charge >= 0.3 is 0 Å². The zero-order valence-corrected chi connectivity index (χ0v) is 9.80. The van der Waals surface area contributed by atoms with E-state index in [-0.39, 0.29) is 15.8 Å². The largest absolute Gasteiger partial charge is 0.549 e. The minimum Gasteiger partial charge on any atom is -0.549 e. The van der Waals surface area contributed by atoms with Crippen LogP contribution >= 0.6 is 46.6 Å². The van der Waals surface area contributed by atoms with Crippen molar-refractivity contribution in [3.05, 3.63) is 27.2 Å². The fraction of sp³-hybridized carbons (Fsp3) is 0.125. The number of thioether (sulfide) groups is 1. The monoisotopic (exact) mass is 269 g/mol. The first-order chi connectivity index (χ1) is 6.52. The van der Waals surface area contributed by atoms with Gasteiger partial charge in [0.2, 0.25) is 0 Å². The molecule has 0 amide bonds. The van der Waals surface area contributed by atoms with Gasteiger partial charge < -0.3 is 9.90 Å². The molecule has 0 saturated carbocycles. The van der Waals surface area contributed by atoms with Crippen molar-refractivity contribution in [3.8, 4) is 0 Å². The predicted octanol–water partition coefficient (Wildman–Crippen LogP) is 2.49. The number of carboxylic acids is 1. The highest BCUT2D eigenvalue weighted by Gasteiger charge is 2.08. The van der Waals surface area contributed by atoms with Crippen molar-refractivity contribution in [3.63, 3.8) is 0 Å². The van der Waals surface area contributed by atoms with Crippen molar-refractivity contribution < 1.29 is 9.90 Å². The molecule has 0 aromatic heterocycles. The zero-order valence-electron chi connectivity index (χ0n) is 6.72. The van der Waals surface area contributed by atoms with Crippen LogP contribution in [0, 0.1) is 0 Å². The van der Waals surface area contributed by atoms with Gasteiger partial charge in [0.25, 0.3) is 0 Å². The highest BCUT2D eigenvalue weighted by molar-refractivity contribution is 8.00. The maximum Gasteiger partial charge on any atom is 0.0789 e. The van der Waals surface area contributed by atoms with Crippen LogP contribution in [0.15, 0.2) is 17.0 Å². The number of carbonyl (C=O) groups excluding carboxylic acids is 1. The molecule has 6 heteroatoms. The molecule has 1 rings (SSSR count). The molecule has 0 radical (unpaired) electrons. The van der Waals surface area contributed by atoms with E-state index in [9.17, 15) is 9.90 Å². The molecule has 0 aliphatic heterocycles. The summed E-state index contributed by atoms with van der Waals surface area (Å²) in [5, 5.41) is 11.0. The number of rotatable bonds is 3. The van der Waals surface area contributed by atoms with Crippen molar-refractivity contribution in [2.24, 2.45) is 0 Å². The summed E-state index contributed by atoms with van der Waals surface area (Å²) in [6.07, 6.45) is 0. The van der Waals surface area contributed by atoms with Crippen molar-refractivity contribution in [1.82, 2.24) is 0 Å². The Balaban J connectivity index is 2.88. The van der Waals surface area contributed by atoms with Crippen molar-refractivity contribution in [1.29, 1.82) is 0 Å². The second kappa shape index (κ2) is 5.12. The predicted molar refractivity (Wildman–Crippen MR) is 57.2 cm³/mol. The van der Waals surface area contributed by atoms with Crippen LogP contribution in [0.1, 0.15) is 0 Å². The van der Waals surface area contributed by atoms with Gasteiger partial charge in [0.15, 0.2) is 0 Å². The molecule has 0 N–H and O–H groups in total. The van der Waals surface area contributed by atoms with E-state index in [1.54, 1.807) is 12.1 Å². The van der Waals surface area contributed by atoms with Gasteiger partial charge in [-0.15, -0.1) is 11.8 Å². The Hall–Kier alpha value is -0.0900. The summed E-state index contributed by atoms with van der Waals surface area (Å²) in [7, 11) is 0. The standard InChI is InChI=1S/C8H5Cl3O2S/c9-4-1-2-5(8(11)7(4)10)14-3-6(12)13/h1-2H,3H2,(H,12,13)/p-1. The quantitative estimate of drug-likeness (QED) is 0.626. The van der Waals surface area contributed by atoms with Gasteiger partial charge in [0.05, 0.1) is 21.0 Å². The minimum absolute atomic E-state index is 0.169. The van der Waals surface area contributed by atoms with Crippen LogP contribution in [-0.2, 0) is 4.79 Å². The molecule has 0 atom stereocenters. The van der Waals surface area contributed by atoms with Gasteiger partial charge in [0.1, 0.15) is 0 Å². The van der Waals surface area contributed by atoms with E-state index in [2.05, 4.69) is 0 Å². The Labute approximate surface area is 100 Å². The first-order valence-electron chi connectivity index (χ1n) is 3.48. The van der Waals surface area contributed by atoms with Gasteiger partial charge in [-0.2, -0.15) is 0 Å². The lowest BCUT2D eigenvalue weighted by Gasteiger charge is -2.06. The second-order valence-corrected chi connectivity index (χ2v) is 4.51. The van der Waals surface area contributed by atoms with Crippen molar-refractivity contribution >= 4 is 52.5 Å². The molecule has 0 aliphatic rings. The van der Waals surface area contributed by atoms with Crippen LogP contribution in [0.3, 0.4) is 0 Å². The van der Waals surface area contributed by atoms with Crippen LogP contribution in [-0.4, -0.2) is 11.7 Å². The normalized spacial score (nSPS) is 10.2. The summed E-state index contributed by atoms with van der Waals surface area (Å²) in [6.45, 7) is 0. The summed E-state index contributed by atoms with van der Waals surface area (Å²) in [5.41, 5.74) is 0. The number of aliphatic carboxylic acids is 1. The Morgan fingerprint density at radius 2 is 1.93 bits per heavy atom. The fourth-order valence-corrected chi connectivity index (χ4v) is 2.18. The van der Waals surface area contributed by atoms with Crippen LogP contribution < -0.4 is 5.11 Å². The SMILES string of the molecule is O=C([O-])CSc1ccc(Cl)c(Cl)c1Cl. The fourth-order valence-electron chi connectivity index (χ4n) is 0.756. The Morgan fingerprint density at radius 1 is 1.29 bits per heavy atom. The second-order valence-electron chi connectivity index (χ2n) is 2.33. The number of carbonyl (C=O) groups is 1. The van der Waals surface area contributed by atoms with E-state index in [1.807, 2.05) is 0 Å². The molecule has 76 valence electrons. The summed E-state index contributed by atoms with van der Waals surface area (Å²) < 4.78 is 0. The van der Waals surface area contributed by atoms with Crippen molar-refractivity contribution in [2.75, 3.05) is 5.75 Å². The average molecular weight is 271 g/mol. The van der Waals surface area contributed by atoms with E-state index in [0.29, 0.717) is 9.92 Å². The maximum atomic E-state index is 10.2. The van der Waals surface area contributed by atoms with E-state index in [0.717, 1.165) is 11.8 Å². The van der Waals surface area contributed by atoms with Crippen LogP contribution in [0.2, 0.25) is 15.1 Å².